The Morgan fingerprint density at radius 1 is 1.22 bits per heavy atom. The molecule has 0 spiro atoms. The lowest BCUT2D eigenvalue weighted by atomic mass is 10.1. The van der Waals surface area contributed by atoms with Gasteiger partial charge in [-0.25, -0.2) is 0 Å². The third-order valence-electron chi connectivity index (χ3n) is 3.01. The lowest BCUT2D eigenvalue weighted by Gasteiger charge is -2.18. The minimum atomic E-state index is 0.535. The molecule has 2 N–H and O–H groups in total. The van der Waals surface area contributed by atoms with Gasteiger partial charge in [0.15, 0.2) is 0 Å². The van der Waals surface area contributed by atoms with Crippen LogP contribution in [0.5, 0.6) is 5.75 Å². The second-order valence-corrected chi connectivity index (χ2v) is 4.13. The molecule has 0 aliphatic heterocycles. The van der Waals surface area contributed by atoms with Crippen LogP contribution in [0.2, 0.25) is 0 Å². The Bertz CT molecular complexity index is 352. The molecule has 4 heteroatoms. The summed E-state index contributed by atoms with van der Waals surface area (Å²) in [6.45, 7) is 7.97. The van der Waals surface area contributed by atoms with E-state index in [9.17, 15) is 0 Å². The van der Waals surface area contributed by atoms with Crippen LogP contribution in [0.1, 0.15) is 25.0 Å². The number of nitrogens with two attached hydrogens (primary N) is 1. The first-order valence-electron chi connectivity index (χ1n) is 6.41. The maximum atomic E-state index is 5.71. The van der Waals surface area contributed by atoms with E-state index in [-0.39, 0.29) is 0 Å². The van der Waals surface area contributed by atoms with E-state index in [4.69, 9.17) is 15.2 Å². The van der Waals surface area contributed by atoms with Gasteiger partial charge in [0.2, 0.25) is 0 Å². The number of ether oxygens (including phenoxy) is 2. The quantitative estimate of drug-likeness (QED) is 0.719. The van der Waals surface area contributed by atoms with E-state index in [1.807, 2.05) is 18.2 Å². The molecule has 4 nitrogen and oxygen atoms in total. The second-order valence-electron chi connectivity index (χ2n) is 4.13. The Morgan fingerprint density at radius 3 is 2.50 bits per heavy atom. The van der Waals surface area contributed by atoms with Gasteiger partial charge in [0.05, 0.1) is 20.4 Å². The van der Waals surface area contributed by atoms with Crippen LogP contribution in [0.15, 0.2) is 18.2 Å². The van der Waals surface area contributed by atoms with Gasteiger partial charge >= 0.3 is 0 Å². The third-order valence-corrected chi connectivity index (χ3v) is 3.01. The van der Waals surface area contributed by atoms with Crippen molar-refractivity contribution in [2.75, 3.05) is 26.9 Å². The third kappa shape index (κ3) is 4.29. The van der Waals surface area contributed by atoms with Gasteiger partial charge in [-0.3, -0.25) is 4.90 Å². The molecule has 1 aromatic carbocycles. The number of nitrogens with zero attached hydrogens (tertiary/aromatic N) is 1. The van der Waals surface area contributed by atoms with Crippen LogP contribution in [-0.4, -0.2) is 31.8 Å². The van der Waals surface area contributed by atoms with Gasteiger partial charge < -0.3 is 15.2 Å². The van der Waals surface area contributed by atoms with Crippen molar-refractivity contribution < 1.29 is 9.47 Å². The molecule has 0 aromatic heterocycles. The lowest BCUT2D eigenvalue weighted by Crippen LogP contribution is -2.25. The predicted molar refractivity (Wildman–Crippen MR) is 73.5 cm³/mol. The summed E-state index contributed by atoms with van der Waals surface area (Å²) in [6.07, 6.45) is 0. The molecule has 0 aliphatic carbocycles. The first-order chi connectivity index (χ1) is 8.74. The van der Waals surface area contributed by atoms with Crippen LogP contribution in [0.25, 0.3) is 0 Å². The molecule has 0 atom stereocenters. The van der Waals surface area contributed by atoms with Gasteiger partial charge in [-0.1, -0.05) is 19.9 Å². The average Bonchev–Trinajstić information content (AvgIpc) is 2.43. The summed E-state index contributed by atoms with van der Waals surface area (Å²) in [6, 6.07) is 5.96. The highest BCUT2D eigenvalue weighted by Crippen LogP contribution is 2.20. The van der Waals surface area contributed by atoms with E-state index in [0.29, 0.717) is 19.9 Å². The first kappa shape index (κ1) is 15.0. The van der Waals surface area contributed by atoms with Crippen LogP contribution in [0, 0.1) is 0 Å². The topological polar surface area (TPSA) is 47.7 Å². The van der Waals surface area contributed by atoms with Gasteiger partial charge in [0.25, 0.3) is 0 Å². The van der Waals surface area contributed by atoms with Crippen molar-refractivity contribution in [1.82, 2.24) is 4.90 Å². The zero-order valence-corrected chi connectivity index (χ0v) is 11.6. The van der Waals surface area contributed by atoms with E-state index >= 15 is 0 Å². The average molecular weight is 252 g/mol. The lowest BCUT2D eigenvalue weighted by molar-refractivity contribution is 0.0233. The molecule has 0 amide bonds. The normalized spacial score (nSPS) is 10.9. The van der Waals surface area contributed by atoms with Gasteiger partial charge in [-0.15, -0.1) is 0 Å². The van der Waals surface area contributed by atoms with E-state index in [1.165, 1.54) is 0 Å². The van der Waals surface area contributed by atoms with Gasteiger partial charge in [0, 0.05) is 12.1 Å². The minimum Gasteiger partial charge on any atom is -0.496 e. The van der Waals surface area contributed by atoms with E-state index in [1.54, 1.807) is 7.11 Å². The highest BCUT2D eigenvalue weighted by atomic mass is 16.5. The molecule has 1 rings (SSSR count). The van der Waals surface area contributed by atoms with E-state index in [0.717, 1.165) is 30.0 Å². The Morgan fingerprint density at radius 2 is 1.94 bits per heavy atom. The van der Waals surface area contributed by atoms with Crippen LogP contribution < -0.4 is 10.5 Å². The standard InChI is InChI=1S/C14H24N2O2/c1-4-16(5-2)11-18-10-13-8-12(9-15)6-7-14(13)17-3/h6-8H,4-5,9-11,15H2,1-3H3. The van der Waals surface area contributed by atoms with Crippen molar-refractivity contribution in [3.8, 4) is 5.75 Å². The zero-order valence-electron chi connectivity index (χ0n) is 11.6. The summed E-state index contributed by atoms with van der Waals surface area (Å²) in [7, 11) is 1.67. The Labute approximate surface area is 110 Å². The second kappa shape index (κ2) is 8.08. The largest absolute Gasteiger partial charge is 0.496 e. The summed E-state index contributed by atoms with van der Waals surface area (Å²) in [5.74, 6) is 0.853. The number of benzene rings is 1. The van der Waals surface area contributed by atoms with Crippen molar-refractivity contribution >= 4 is 0 Å². The summed E-state index contributed by atoms with van der Waals surface area (Å²) in [4.78, 5) is 2.22. The van der Waals surface area contributed by atoms with Crippen LogP contribution in [-0.2, 0) is 17.9 Å². The monoisotopic (exact) mass is 252 g/mol. The molecule has 0 unspecified atom stereocenters. The number of methoxy groups -OCH3 is 1. The number of hydrogen-bond donors (Lipinski definition) is 1. The van der Waals surface area contributed by atoms with Crippen molar-refractivity contribution in [3.63, 3.8) is 0 Å². The molecule has 18 heavy (non-hydrogen) atoms. The summed E-state index contributed by atoms with van der Waals surface area (Å²) >= 11 is 0. The van der Waals surface area contributed by atoms with Crippen LogP contribution in [0.4, 0.5) is 0 Å². The molecule has 0 heterocycles. The first-order valence-corrected chi connectivity index (χ1v) is 6.41. The summed E-state index contributed by atoms with van der Waals surface area (Å²) in [5, 5.41) is 0. The molecular formula is C14H24N2O2. The molecule has 0 saturated carbocycles. The van der Waals surface area contributed by atoms with Crippen molar-refractivity contribution in [2.45, 2.75) is 27.0 Å². The number of rotatable bonds is 8. The predicted octanol–water partition coefficient (Wildman–Crippen LogP) is 1.97. The smallest absolute Gasteiger partial charge is 0.124 e. The minimum absolute atomic E-state index is 0.535. The Hall–Kier alpha value is -1.10. The van der Waals surface area contributed by atoms with E-state index < -0.39 is 0 Å². The van der Waals surface area contributed by atoms with Crippen molar-refractivity contribution in [2.24, 2.45) is 5.73 Å². The van der Waals surface area contributed by atoms with Gasteiger partial charge in [0.1, 0.15) is 5.75 Å². The Kier molecular flexibility index (Phi) is 6.72. The van der Waals surface area contributed by atoms with Crippen molar-refractivity contribution in [1.29, 1.82) is 0 Å². The molecular weight excluding hydrogens is 228 g/mol. The van der Waals surface area contributed by atoms with Crippen LogP contribution in [0.3, 0.4) is 0 Å². The molecule has 1 aromatic rings. The molecule has 0 saturated heterocycles. The maximum Gasteiger partial charge on any atom is 0.124 e. The van der Waals surface area contributed by atoms with E-state index in [2.05, 4.69) is 18.7 Å². The number of hydrogen-bond acceptors (Lipinski definition) is 4. The highest BCUT2D eigenvalue weighted by Gasteiger charge is 2.05. The summed E-state index contributed by atoms with van der Waals surface area (Å²) < 4.78 is 11.0. The Balaban J connectivity index is 2.59. The fourth-order valence-corrected chi connectivity index (χ4v) is 1.76. The zero-order chi connectivity index (χ0) is 13.4. The van der Waals surface area contributed by atoms with Gasteiger partial charge in [-0.05, 0) is 30.8 Å². The molecule has 0 fully saturated rings. The molecule has 0 bridgehead atoms. The highest BCUT2D eigenvalue weighted by molar-refractivity contribution is 5.36. The fraction of sp³-hybridized carbons (Fsp3) is 0.571. The summed E-state index contributed by atoms with van der Waals surface area (Å²) in [5.41, 5.74) is 7.78. The van der Waals surface area contributed by atoms with Crippen molar-refractivity contribution in [3.05, 3.63) is 29.3 Å². The molecule has 0 radical (unpaired) electrons. The van der Waals surface area contributed by atoms with Crippen LogP contribution >= 0.6 is 0 Å². The SMILES string of the molecule is CCN(CC)COCc1cc(CN)ccc1OC. The molecule has 0 aliphatic rings. The maximum absolute atomic E-state index is 5.71. The fourth-order valence-electron chi connectivity index (χ4n) is 1.76. The van der Waals surface area contributed by atoms with Gasteiger partial charge in [-0.2, -0.15) is 0 Å². The molecule has 102 valence electrons.